The molecule has 0 spiro atoms. The average molecular weight is 210 g/mol. The minimum atomic E-state index is -0.452. The van der Waals surface area contributed by atoms with E-state index >= 15 is 0 Å². The van der Waals surface area contributed by atoms with Gasteiger partial charge in [-0.25, -0.2) is 4.39 Å². The zero-order valence-corrected chi connectivity index (χ0v) is 9.00. The first-order valence-electron chi connectivity index (χ1n) is 4.91. The average Bonchev–Trinajstić information content (AvgIpc) is 2.18. The van der Waals surface area contributed by atoms with E-state index in [1.165, 1.54) is 12.1 Å². The summed E-state index contributed by atoms with van der Waals surface area (Å²) in [6.07, 6.45) is 0.314. The molecule has 82 valence electrons. The van der Waals surface area contributed by atoms with Crippen molar-refractivity contribution >= 4 is 5.78 Å². The quantitative estimate of drug-likeness (QED) is 0.698. The molecule has 0 heterocycles. The Morgan fingerprint density at radius 3 is 2.73 bits per heavy atom. The molecule has 0 saturated heterocycles. The third-order valence-corrected chi connectivity index (χ3v) is 2.16. The molecule has 15 heavy (non-hydrogen) atoms. The molecular formula is C12H15FO2. The molecule has 2 nitrogen and oxygen atoms in total. The van der Waals surface area contributed by atoms with Crippen LogP contribution in [0.15, 0.2) is 24.3 Å². The Morgan fingerprint density at radius 2 is 2.13 bits per heavy atom. The fraction of sp³-hybridized carbons (Fsp3) is 0.417. The normalized spacial score (nSPS) is 12.5. The van der Waals surface area contributed by atoms with Gasteiger partial charge in [-0.3, -0.25) is 4.79 Å². The summed E-state index contributed by atoms with van der Waals surface area (Å²) >= 11 is 0. The van der Waals surface area contributed by atoms with E-state index in [1.807, 2.05) is 6.92 Å². The Morgan fingerprint density at radius 1 is 1.47 bits per heavy atom. The third kappa shape index (κ3) is 3.44. The van der Waals surface area contributed by atoms with Crippen molar-refractivity contribution in [1.82, 2.24) is 0 Å². The minimum Gasteiger partial charge on any atom is -0.384 e. The van der Waals surface area contributed by atoms with Crippen molar-refractivity contribution in [2.75, 3.05) is 13.7 Å². The summed E-state index contributed by atoms with van der Waals surface area (Å²) in [4.78, 5) is 11.7. The van der Waals surface area contributed by atoms with Crippen molar-refractivity contribution in [3.63, 3.8) is 0 Å². The van der Waals surface area contributed by atoms with Crippen LogP contribution >= 0.6 is 0 Å². The smallest absolute Gasteiger partial charge is 0.166 e. The van der Waals surface area contributed by atoms with Gasteiger partial charge in [0.05, 0.1) is 5.56 Å². The largest absolute Gasteiger partial charge is 0.384 e. The van der Waals surface area contributed by atoms with Crippen LogP contribution in [0.25, 0.3) is 0 Å². The third-order valence-electron chi connectivity index (χ3n) is 2.16. The lowest BCUT2D eigenvalue weighted by Crippen LogP contribution is -2.11. The van der Waals surface area contributed by atoms with Crippen LogP contribution in [0, 0.1) is 11.7 Å². The van der Waals surface area contributed by atoms with Crippen molar-refractivity contribution in [2.45, 2.75) is 13.3 Å². The molecule has 3 heteroatoms. The van der Waals surface area contributed by atoms with Crippen LogP contribution in [0.2, 0.25) is 0 Å². The van der Waals surface area contributed by atoms with Crippen LogP contribution in [0.5, 0.6) is 0 Å². The van der Waals surface area contributed by atoms with Gasteiger partial charge in [-0.15, -0.1) is 0 Å². The van der Waals surface area contributed by atoms with Crippen LogP contribution < -0.4 is 0 Å². The van der Waals surface area contributed by atoms with Crippen LogP contribution in [-0.4, -0.2) is 19.5 Å². The molecule has 0 aliphatic carbocycles. The number of methoxy groups -OCH3 is 1. The Balaban J connectivity index is 2.65. The lowest BCUT2D eigenvalue weighted by Gasteiger charge is -2.09. The fourth-order valence-corrected chi connectivity index (χ4v) is 1.46. The van der Waals surface area contributed by atoms with Crippen molar-refractivity contribution in [2.24, 2.45) is 5.92 Å². The molecule has 0 aromatic heterocycles. The summed E-state index contributed by atoms with van der Waals surface area (Å²) in [5.41, 5.74) is 0.167. The molecule has 0 N–H and O–H groups in total. The van der Waals surface area contributed by atoms with Crippen LogP contribution in [-0.2, 0) is 4.74 Å². The molecular weight excluding hydrogens is 195 g/mol. The van der Waals surface area contributed by atoms with Gasteiger partial charge in [0.15, 0.2) is 5.78 Å². The number of ketones is 1. The lowest BCUT2D eigenvalue weighted by atomic mass is 10.00. The lowest BCUT2D eigenvalue weighted by molar-refractivity contribution is 0.0916. The van der Waals surface area contributed by atoms with Gasteiger partial charge in [-0.2, -0.15) is 0 Å². The molecule has 0 bridgehead atoms. The number of ether oxygens (including phenoxy) is 1. The molecule has 0 radical (unpaired) electrons. The number of hydrogen-bond donors (Lipinski definition) is 0. The summed E-state index contributed by atoms with van der Waals surface area (Å²) in [5, 5.41) is 0. The number of carbonyl (C=O) groups excluding carboxylic acids is 1. The first-order chi connectivity index (χ1) is 7.15. The first kappa shape index (κ1) is 11.9. The Labute approximate surface area is 89.1 Å². The minimum absolute atomic E-state index is 0.113. The number of halogens is 1. The highest BCUT2D eigenvalue weighted by atomic mass is 19.1. The van der Waals surface area contributed by atoms with Gasteiger partial charge in [0.1, 0.15) is 5.82 Å². The van der Waals surface area contributed by atoms with Crippen LogP contribution in [0.1, 0.15) is 23.7 Å². The van der Waals surface area contributed by atoms with Gasteiger partial charge in [0, 0.05) is 20.1 Å². The number of rotatable bonds is 5. The molecule has 1 rings (SSSR count). The Kier molecular flexibility index (Phi) is 4.43. The zero-order chi connectivity index (χ0) is 11.3. The highest BCUT2D eigenvalue weighted by Gasteiger charge is 2.14. The topological polar surface area (TPSA) is 26.3 Å². The molecule has 1 unspecified atom stereocenters. The van der Waals surface area contributed by atoms with Crippen molar-refractivity contribution in [3.05, 3.63) is 35.6 Å². The maximum Gasteiger partial charge on any atom is 0.166 e. The number of benzene rings is 1. The van der Waals surface area contributed by atoms with Gasteiger partial charge in [0.25, 0.3) is 0 Å². The Bertz CT molecular complexity index is 336. The van der Waals surface area contributed by atoms with E-state index < -0.39 is 5.82 Å². The van der Waals surface area contributed by atoms with E-state index in [9.17, 15) is 9.18 Å². The summed E-state index contributed by atoms with van der Waals surface area (Å²) in [7, 11) is 1.59. The van der Waals surface area contributed by atoms with Gasteiger partial charge in [-0.05, 0) is 18.1 Å². The van der Waals surface area contributed by atoms with E-state index in [2.05, 4.69) is 0 Å². The van der Waals surface area contributed by atoms with E-state index in [-0.39, 0.29) is 17.3 Å². The number of hydrogen-bond acceptors (Lipinski definition) is 2. The Hall–Kier alpha value is -1.22. The summed E-state index contributed by atoms with van der Waals surface area (Å²) in [6.45, 7) is 2.42. The van der Waals surface area contributed by atoms with Crippen molar-refractivity contribution in [3.8, 4) is 0 Å². The number of Topliss-reactive ketones (excluding diaryl/α,β-unsaturated/α-hetero) is 1. The molecule has 0 saturated carbocycles. The standard InChI is InChI=1S/C12H15FO2/c1-9(8-15-2)7-12(14)10-5-3-4-6-11(10)13/h3-6,9H,7-8H2,1-2H3. The van der Waals surface area contributed by atoms with Gasteiger partial charge in [-0.1, -0.05) is 19.1 Å². The molecule has 0 amide bonds. The highest BCUT2D eigenvalue weighted by molar-refractivity contribution is 5.96. The number of carbonyl (C=O) groups is 1. The molecule has 1 aromatic rings. The molecule has 0 fully saturated rings. The molecule has 1 aromatic carbocycles. The fourth-order valence-electron chi connectivity index (χ4n) is 1.46. The summed E-state index contributed by atoms with van der Waals surface area (Å²) in [5.74, 6) is -0.508. The predicted molar refractivity (Wildman–Crippen MR) is 56.4 cm³/mol. The molecule has 0 aliphatic rings. The van der Waals surface area contributed by atoms with Crippen molar-refractivity contribution in [1.29, 1.82) is 0 Å². The van der Waals surface area contributed by atoms with Gasteiger partial charge >= 0.3 is 0 Å². The highest BCUT2D eigenvalue weighted by Crippen LogP contribution is 2.13. The van der Waals surface area contributed by atoms with Gasteiger partial charge in [0.2, 0.25) is 0 Å². The predicted octanol–water partition coefficient (Wildman–Crippen LogP) is 2.68. The summed E-state index contributed by atoms with van der Waals surface area (Å²) in [6, 6.07) is 6.05. The second kappa shape index (κ2) is 5.61. The van der Waals surface area contributed by atoms with Crippen LogP contribution in [0.3, 0.4) is 0 Å². The SMILES string of the molecule is COCC(C)CC(=O)c1ccccc1F. The van der Waals surface area contributed by atoms with Crippen molar-refractivity contribution < 1.29 is 13.9 Å². The summed E-state index contributed by atoms with van der Waals surface area (Å²) < 4.78 is 18.1. The molecule has 1 atom stereocenters. The first-order valence-corrected chi connectivity index (χ1v) is 4.91. The second-order valence-corrected chi connectivity index (χ2v) is 3.67. The van der Waals surface area contributed by atoms with Gasteiger partial charge < -0.3 is 4.74 Å². The maximum atomic E-state index is 13.2. The van der Waals surface area contributed by atoms with E-state index in [4.69, 9.17) is 4.74 Å². The van der Waals surface area contributed by atoms with E-state index in [1.54, 1.807) is 19.2 Å². The maximum absolute atomic E-state index is 13.2. The van der Waals surface area contributed by atoms with E-state index in [0.717, 1.165) is 0 Å². The second-order valence-electron chi connectivity index (χ2n) is 3.67. The zero-order valence-electron chi connectivity index (χ0n) is 9.00. The van der Waals surface area contributed by atoms with Crippen LogP contribution in [0.4, 0.5) is 4.39 Å². The molecule has 0 aliphatic heterocycles. The van der Waals surface area contributed by atoms with E-state index in [0.29, 0.717) is 13.0 Å². The monoisotopic (exact) mass is 210 g/mol.